The molecule has 282 valence electrons. The van der Waals surface area contributed by atoms with E-state index in [0.717, 1.165) is 64.0 Å². The monoisotopic (exact) mass is 798 g/mol. The maximum atomic E-state index is 12.4. The van der Waals surface area contributed by atoms with Crippen LogP contribution in [0.2, 0.25) is 0 Å². The van der Waals surface area contributed by atoms with E-state index in [0.29, 0.717) is 11.1 Å². The molecule has 8 rings (SSSR count). The SMILES string of the molecule is O=C(O)c1ccc(-c2cccc(-c3ccc(C(=O)O)c(-c4ccc(-c5ccc(-c6cc(-c7cccc(-c8ccc(C(=O)O)cc8)c7)ccc6C(=O)O)s5)s4)c3)c2)cc1. The average molecular weight is 799 g/mol. The summed E-state index contributed by atoms with van der Waals surface area (Å²) < 4.78 is 0. The van der Waals surface area contributed by atoms with Crippen molar-refractivity contribution in [2.45, 2.75) is 0 Å². The number of hydrogen-bond donors (Lipinski definition) is 4. The molecule has 0 radical (unpaired) electrons. The molecule has 0 spiro atoms. The van der Waals surface area contributed by atoms with Gasteiger partial charge in [0, 0.05) is 30.6 Å². The highest BCUT2D eigenvalue weighted by Crippen LogP contribution is 2.43. The van der Waals surface area contributed by atoms with Gasteiger partial charge in [0.05, 0.1) is 22.3 Å². The lowest BCUT2D eigenvalue weighted by atomic mass is 9.95. The molecule has 0 unspecified atom stereocenters. The second-order valence-electron chi connectivity index (χ2n) is 13.4. The Labute approximate surface area is 339 Å². The molecule has 10 heteroatoms. The van der Waals surface area contributed by atoms with Crippen molar-refractivity contribution in [1.82, 2.24) is 0 Å². The van der Waals surface area contributed by atoms with Gasteiger partial charge in [-0.15, -0.1) is 22.7 Å². The van der Waals surface area contributed by atoms with Crippen LogP contribution in [0.15, 0.2) is 158 Å². The molecule has 58 heavy (non-hydrogen) atoms. The summed E-state index contributed by atoms with van der Waals surface area (Å²) in [6.45, 7) is 0. The van der Waals surface area contributed by atoms with E-state index < -0.39 is 23.9 Å². The number of rotatable bonds is 11. The Hall–Kier alpha value is -7.40. The topological polar surface area (TPSA) is 149 Å². The van der Waals surface area contributed by atoms with Gasteiger partial charge in [0.2, 0.25) is 0 Å². The van der Waals surface area contributed by atoms with E-state index in [1.54, 1.807) is 72.8 Å². The van der Waals surface area contributed by atoms with Crippen molar-refractivity contribution in [2.75, 3.05) is 0 Å². The third-order valence-corrected chi connectivity index (χ3v) is 12.2. The fraction of sp³-hybridized carbons (Fsp3) is 0. The third-order valence-electron chi connectivity index (χ3n) is 9.81. The first-order valence-electron chi connectivity index (χ1n) is 17.9. The van der Waals surface area contributed by atoms with E-state index in [1.807, 2.05) is 84.9 Å². The largest absolute Gasteiger partial charge is 0.478 e. The second kappa shape index (κ2) is 15.6. The van der Waals surface area contributed by atoms with Crippen LogP contribution in [-0.4, -0.2) is 44.3 Å². The van der Waals surface area contributed by atoms with Crippen LogP contribution in [-0.2, 0) is 0 Å². The molecule has 0 aliphatic heterocycles. The summed E-state index contributed by atoms with van der Waals surface area (Å²) in [6.07, 6.45) is 0. The van der Waals surface area contributed by atoms with Crippen LogP contribution in [0.3, 0.4) is 0 Å². The van der Waals surface area contributed by atoms with Crippen LogP contribution >= 0.6 is 22.7 Å². The molecule has 2 heterocycles. The van der Waals surface area contributed by atoms with Crippen molar-refractivity contribution in [2.24, 2.45) is 0 Å². The first-order valence-corrected chi connectivity index (χ1v) is 19.5. The van der Waals surface area contributed by atoms with Crippen molar-refractivity contribution in [3.05, 3.63) is 180 Å². The molecule has 0 fully saturated rings. The highest BCUT2D eigenvalue weighted by atomic mass is 32.1. The van der Waals surface area contributed by atoms with Gasteiger partial charge in [-0.3, -0.25) is 0 Å². The summed E-state index contributed by atoms with van der Waals surface area (Å²) in [5.41, 5.74) is 8.71. The van der Waals surface area contributed by atoms with Gasteiger partial charge in [-0.05, 0) is 129 Å². The van der Waals surface area contributed by atoms with E-state index in [4.69, 9.17) is 0 Å². The summed E-state index contributed by atoms with van der Waals surface area (Å²) in [4.78, 5) is 50.9. The number of aromatic carboxylic acids is 4. The van der Waals surface area contributed by atoms with Gasteiger partial charge in [0.25, 0.3) is 0 Å². The standard InChI is InChI=1S/C48H30O8S2/c49-45(50)29-11-7-27(8-12-29)31-3-1-5-33(23-31)35-15-17-37(47(53)54)39(25-35)41-19-21-43(57-41)44-22-20-42(58-44)40-26-36(16-18-38(40)48(55)56)34-6-2-4-32(24-34)28-9-13-30(14-10-28)46(51)52/h1-26H,(H,49,50)(H,51,52)(H,53,54)(H,55,56). The van der Waals surface area contributed by atoms with Crippen LogP contribution < -0.4 is 0 Å². The summed E-state index contributed by atoms with van der Waals surface area (Å²) >= 11 is 2.90. The van der Waals surface area contributed by atoms with Gasteiger partial charge in [-0.1, -0.05) is 72.8 Å². The zero-order valence-electron chi connectivity index (χ0n) is 30.2. The summed E-state index contributed by atoms with van der Waals surface area (Å²) in [5.74, 6) is -4.09. The number of carboxylic acid groups (broad SMARTS) is 4. The third kappa shape index (κ3) is 7.57. The lowest BCUT2D eigenvalue weighted by molar-refractivity contribution is 0.0686. The Morgan fingerprint density at radius 1 is 0.310 bits per heavy atom. The van der Waals surface area contributed by atoms with E-state index in [2.05, 4.69) is 0 Å². The summed E-state index contributed by atoms with van der Waals surface area (Å²) in [5, 5.41) is 38.9. The Morgan fingerprint density at radius 3 is 0.966 bits per heavy atom. The Balaban J connectivity index is 1.10. The Kier molecular flexibility index (Phi) is 10.1. The fourth-order valence-electron chi connectivity index (χ4n) is 6.83. The van der Waals surface area contributed by atoms with Crippen molar-refractivity contribution in [1.29, 1.82) is 0 Å². The molecule has 2 aromatic heterocycles. The van der Waals surface area contributed by atoms with E-state index in [1.165, 1.54) is 22.7 Å². The van der Waals surface area contributed by atoms with E-state index in [-0.39, 0.29) is 22.3 Å². The van der Waals surface area contributed by atoms with E-state index >= 15 is 0 Å². The fourth-order valence-corrected chi connectivity index (χ4v) is 8.99. The molecule has 0 aliphatic rings. The van der Waals surface area contributed by atoms with Gasteiger partial charge in [0.1, 0.15) is 0 Å². The molecule has 0 saturated carbocycles. The second-order valence-corrected chi connectivity index (χ2v) is 15.6. The highest BCUT2D eigenvalue weighted by molar-refractivity contribution is 7.25. The van der Waals surface area contributed by atoms with Crippen LogP contribution in [0.4, 0.5) is 0 Å². The minimum Gasteiger partial charge on any atom is -0.478 e. The lowest BCUT2D eigenvalue weighted by Crippen LogP contribution is -1.99. The van der Waals surface area contributed by atoms with Crippen molar-refractivity contribution in [3.8, 4) is 75.1 Å². The molecule has 8 nitrogen and oxygen atoms in total. The summed E-state index contributed by atoms with van der Waals surface area (Å²) in [6, 6.07) is 47.0. The molecular weight excluding hydrogens is 769 g/mol. The molecular formula is C48H30O8S2. The van der Waals surface area contributed by atoms with Crippen LogP contribution in [0.1, 0.15) is 41.4 Å². The normalized spacial score (nSPS) is 11.0. The molecule has 0 amide bonds. The van der Waals surface area contributed by atoms with Gasteiger partial charge < -0.3 is 20.4 Å². The number of carbonyl (C=O) groups is 4. The number of thiophene rings is 2. The van der Waals surface area contributed by atoms with Gasteiger partial charge in [-0.25, -0.2) is 19.2 Å². The minimum atomic E-state index is -1.05. The van der Waals surface area contributed by atoms with Crippen LogP contribution in [0.5, 0.6) is 0 Å². The van der Waals surface area contributed by atoms with Crippen LogP contribution in [0, 0.1) is 0 Å². The molecule has 0 aliphatic carbocycles. The van der Waals surface area contributed by atoms with Gasteiger partial charge in [-0.2, -0.15) is 0 Å². The number of benzene rings is 6. The quantitative estimate of drug-likeness (QED) is 0.101. The lowest BCUT2D eigenvalue weighted by Gasteiger charge is -2.10. The van der Waals surface area contributed by atoms with Gasteiger partial charge in [0.15, 0.2) is 0 Å². The molecule has 6 aromatic carbocycles. The highest BCUT2D eigenvalue weighted by Gasteiger charge is 2.19. The zero-order chi connectivity index (χ0) is 40.5. The predicted octanol–water partition coefficient (Wildman–Crippen LogP) is 12.3. The first kappa shape index (κ1) is 37.5. The van der Waals surface area contributed by atoms with Crippen molar-refractivity contribution < 1.29 is 39.6 Å². The Morgan fingerprint density at radius 2 is 0.621 bits per heavy atom. The maximum Gasteiger partial charge on any atom is 0.336 e. The zero-order valence-corrected chi connectivity index (χ0v) is 31.9. The molecule has 8 aromatic rings. The average Bonchev–Trinajstić information content (AvgIpc) is 3.95. The smallest absolute Gasteiger partial charge is 0.336 e. The Bertz CT molecular complexity index is 2700. The predicted molar refractivity (Wildman–Crippen MR) is 228 cm³/mol. The van der Waals surface area contributed by atoms with E-state index in [9.17, 15) is 39.6 Å². The first-order chi connectivity index (χ1) is 28.0. The number of hydrogen-bond acceptors (Lipinski definition) is 6. The van der Waals surface area contributed by atoms with Crippen LogP contribution in [0.25, 0.3) is 75.1 Å². The van der Waals surface area contributed by atoms with Crippen molar-refractivity contribution >= 4 is 46.6 Å². The maximum absolute atomic E-state index is 12.4. The molecule has 0 bridgehead atoms. The van der Waals surface area contributed by atoms with Crippen molar-refractivity contribution in [3.63, 3.8) is 0 Å². The minimum absolute atomic E-state index is 0.161. The summed E-state index contributed by atoms with van der Waals surface area (Å²) in [7, 11) is 0. The molecule has 4 N–H and O–H groups in total. The molecule has 0 saturated heterocycles. The molecule has 0 atom stereocenters. The van der Waals surface area contributed by atoms with Gasteiger partial charge >= 0.3 is 23.9 Å². The number of carboxylic acids is 4.